The Bertz CT molecular complexity index is 707. The van der Waals surface area contributed by atoms with E-state index in [1.165, 1.54) is 7.11 Å². The van der Waals surface area contributed by atoms with Gasteiger partial charge in [0.25, 0.3) is 0 Å². The minimum atomic E-state index is -5.08. The van der Waals surface area contributed by atoms with Gasteiger partial charge in [-0.15, -0.1) is 0 Å². The number of hydrogen-bond acceptors (Lipinski definition) is 7. The van der Waals surface area contributed by atoms with Crippen LogP contribution in [0.2, 0.25) is 0 Å². The van der Waals surface area contributed by atoms with Crippen LogP contribution in [0.4, 0.5) is 19.1 Å². The fourth-order valence-corrected chi connectivity index (χ4v) is 3.45. The summed E-state index contributed by atoms with van der Waals surface area (Å²) in [6.07, 6.45) is 2.66. The van der Waals surface area contributed by atoms with Gasteiger partial charge in [-0.05, 0) is 31.7 Å². The molecule has 2 atom stereocenters. The van der Waals surface area contributed by atoms with Crippen molar-refractivity contribution in [2.24, 2.45) is 0 Å². The van der Waals surface area contributed by atoms with Gasteiger partial charge in [-0.3, -0.25) is 4.79 Å². The van der Waals surface area contributed by atoms with Crippen LogP contribution < -0.4 is 10.2 Å². The number of ether oxygens (including phenoxy) is 2. The first-order valence-corrected chi connectivity index (χ1v) is 9.41. The van der Waals surface area contributed by atoms with Crippen LogP contribution in [0.3, 0.4) is 0 Å². The molecule has 2 aliphatic rings. The van der Waals surface area contributed by atoms with Crippen LogP contribution in [0.15, 0.2) is 18.5 Å². The van der Waals surface area contributed by atoms with E-state index in [0.29, 0.717) is 6.54 Å². The van der Waals surface area contributed by atoms with Gasteiger partial charge in [-0.25, -0.2) is 14.8 Å². The summed E-state index contributed by atoms with van der Waals surface area (Å²) < 4.78 is 42.9. The van der Waals surface area contributed by atoms with E-state index in [4.69, 9.17) is 19.4 Å². The van der Waals surface area contributed by atoms with E-state index in [2.05, 4.69) is 20.2 Å². The lowest BCUT2D eigenvalue weighted by Gasteiger charge is -2.38. The molecule has 2 saturated heterocycles. The lowest BCUT2D eigenvalue weighted by molar-refractivity contribution is -0.192. The Labute approximate surface area is 171 Å². The summed E-state index contributed by atoms with van der Waals surface area (Å²) in [6.45, 7) is 2.37. The standard InChI is InChI=1S/C16H24N4O3.C2HF3O2/c1-22-11-14(21)19-10-13-4-2-5-16(23-13)6-9-20(12-16)15-17-7-3-8-18-15;3-2(4,5)1(6)7/h3,7-8,13H,2,4-6,9-12H2,1H3,(H,19,21);(H,6,7)/t13-,16-;/m1./s1. The lowest BCUT2D eigenvalue weighted by atomic mass is 9.90. The van der Waals surface area contributed by atoms with Crippen molar-refractivity contribution in [1.29, 1.82) is 0 Å². The van der Waals surface area contributed by atoms with Gasteiger partial charge in [0.15, 0.2) is 0 Å². The Morgan fingerprint density at radius 1 is 1.37 bits per heavy atom. The molecule has 1 spiro atoms. The third kappa shape index (κ3) is 7.10. The Morgan fingerprint density at radius 2 is 2.03 bits per heavy atom. The third-order valence-corrected chi connectivity index (χ3v) is 4.77. The van der Waals surface area contributed by atoms with Crippen molar-refractivity contribution in [1.82, 2.24) is 15.3 Å². The van der Waals surface area contributed by atoms with E-state index < -0.39 is 12.1 Å². The molecule has 0 aromatic carbocycles. The summed E-state index contributed by atoms with van der Waals surface area (Å²) in [4.78, 5) is 31.3. The van der Waals surface area contributed by atoms with E-state index in [9.17, 15) is 18.0 Å². The summed E-state index contributed by atoms with van der Waals surface area (Å²) in [5.74, 6) is -2.09. The predicted octanol–water partition coefficient (Wildman–Crippen LogP) is 1.39. The zero-order chi connectivity index (χ0) is 22.2. The second kappa shape index (κ2) is 10.5. The third-order valence-electron chi connectivity index (χ3n) is 4.77. The van der Waals surface area contributed by atoms with Crippen molar-refractivity contribution < 1.29 is 37.3 Å². The molecule has 3 rings (SSSR count). The molecule has 2 aliphatic heterocycles. The van der Waals surface area contributed by atoms with Crippen molar-refractivity contribution in [3.8, 4) is 0 Å². The second-order valence-corrected chi connectivity index (χ2v) is 7.08. The van der Waals surface area contributed by atoms with E-state index in [0.717, 1.165) is 44.7 Å². The number of nitrogens with one attached hydrogen (secondary N) is 1. The summed E-state index contributed by atoms with van der Waals surface area (Å²) in [7, 11) is 1.52. The van der Waals surface area contributed by atoms with Crippen LogP contribution in [-0.4, -0.2) is 78.2 Å². The number of carboxylic acid groups (broad SMARTS) is 1. The van der Waals surface area contributed by atoms with Crippen molar-refractivity contribution >= 4 is 17.8 Å². The fourth-order valence-electron chi connectivity index (χ4n) is 3.45. The second-order valence-electron chi connectivity index (χ2n) is 7.08. The molecule has 1 aromatic heterocycles. The maximum atomic E-state index is 11.5. The van der Waals surface area contributed by atoms with Crippen molar-refractivity contribution in [2.45, 2.75) is 43.6 Å². The van der Waals surface area contributed by atoms with Crippen LogP contribution in [-0.2, 0) is 19.1 Å². The molecule has 0 bridgehead atoms. The summed E-state index contributed by atoms with van der Waals surface area (Å²) in [5, 5.41) is 10.0. The van der Waals surface area contributed by atoms with Crippen LogP contribution in [0.25, 0.3) is 0 Å². The van der Waals surface area contributed by atoms with Crippen molar-refractivity contribution in [3.05, 3.63) is 18.5 Å². The van der Waals surface area contributed by atoms with E-state index in [1.54, 1.807) is 12.4 Å². The molecule has 0 aliphatic carbocycles. The number of carbonyl (C=O) groups excluding carboxylic acids is 1. The highest BCUT2D eigenvalue weighted by Crippen LogP contribution is 2.37. The number of hydrogen-bond donors (Lipinski definition) is 2. The highest BCUT2D eigenvalue weighted by atomic mass is 19.4. The number of aromatic nitrogens is 2. The zero-order valence-electron chi connectivity index (χ0n) is 16.5. The molecule has 0 saturated carbocycles. The molecule has 9 nitrogen and oxygen atoms in total. The van der Waals surface area contributed by atoms with Crippen molar-refractivity contribution in [2.75, 3.05) is 38.3 Å². The first-order valence-electron chi connectivity index (χ1n) is 9.41. The number of carboxylic acids is 1. The maximum Gasteiger partial charge on any atom is 0.490 e. The SMILES string of the molecule is COCC(=O)NC[C@H]1CCC[C@]2(CCN(c3ncccn3)C2)O1.O=C(O)C(F)(F)F. The number of alkyl halides is 3. The highest BCUT2D eigenvalue weighted by Gasteiger charge is 2.43. The largest absolute Gasteiger partial charge is 0.490 e. The normalized spacial score (nSPS) is 23.6. The quantitative estimate of drug-likeness (QED) is 0.715. The molecule has 0 radical (unpaired) electrons. The molecular weight excluding hydrogens is 409 g/mol. The molecule has 168 valence electrons. The Balaban J connectivity index is 0.000000396. The summed E-state index contributed by atoms with van der Waals surface area (Å²) in [5.41, 5.74) is -0.131. The number of aliphatic carboxylic acids is 1. The average molecular weight is 434 g/mol. The molecule has 30 heavy (non-hydrogen) atoms. The van der Waals surface area contributed by atoms with Gasteiger partial charge < -0.3 is 24.8 Å². The monoisotopic (exact) mass is 434 g/mol. The van der Waals surface area contributed by atoms with Crippen LogP contribution >= 0.6 is 0 Å². The molecule has 3 heterocycles. The first kappa shape index (κ1) is 23.8. The topological polar surface area (TPSA) is 114 Å². The molecule has 2 N–H and O–H groups in total. The average Bonchev–Trinajstić information content (AvgIpc) is 3.10. The van der Waals surface area contributed by atoms with Gasteiger partial charge in [0.2, 0.25) is 11.9 Å². The van der Waals surface area contributed by atoms with Crippen molar-refractivity contribution in [3.63, 3.8) is 0 Å². The predicted molar refractivity (Wildman–Crippen MR) is 98.9 cm³/mol. The van der Waals surface area contributed by atoms with E-state index >= 15 is 0 Å². The Hall–Kier alpha value is -2.47. The summed E-state index contributed by atoms with van der Waals surface area (Å²) >= 11 is 0. The lowest BCUT2D eigenvalue weighted by Crippen LogP contribution is -2.47. The zero-order valence-corrected chi connectivity index (χ0v) is 16.5. The number of amides is 1. The molecular formula is C18H25F3N4O5. The summed E-state index contributed by atoms with van der Waals surface area (Å²) in [6, 6.07) is 1.82. The first-order chi connectivity index (χ1) is 14.1. The van der Waals surface area contributed by atoms with Gasteiger partial charge in [-0.2, -0.15) is 13.2 Å². The van der Waals surface area contributed by atoms with Gasteiger partial charge in [-0.1, -0.05) is 0 Å². The Morgan fingerprint density at radius 3 is 2.63 bits per heavy atom. The van der Waals surface area contributed by atoms with Gasteiger partial charge >= 0.3 is 12.1 Å². The van der Waals surface area contributed by atoms with E-state index in [-0.39, 0.29) is 24.2 Å². The number of nitrogens with zero attached hydrogens (tertiary/aromatic N) is 3. The fraction of sp³-hybridized carbons (Fsp3) is 0.667. The van der Waals surface area contributed by atoms with Crippen LogP contribution in [0.1, 0.15) is 25.7 Å². The maximum absolute atomic E-state index is 11.5. The Kier molecular flexibility index (Phi) is 8.35. The molecule has 1 amide bonds. The number of anilines is 1. The minimum Gasteiger partial charge on any atom is -0.475 e. The van der Waals surface area contributed by atoms with Crippen LogP contribution in [0, 0.1) is 0 Å². The number of methoxy groups -OCH3 is 1. The molecule has 12 heteroatoms. The molecule has 2 fully saturated rings. The van der Waals surface area contributed by atoms with Gasteiger partial charge in [0.1, 0.15) is 6.61 Å². The number of rotatable bonds is 5. The van der Waals surface area contributed by atoms with Gasteiger partial charge in [0, 0.05) is 39.1 Å². The smallest absolute Gasteiger partial charge is 0.475 e. The number of halogens is 3. The number of carbonyl (C=O) groups is 2. The van der Waals surface area contributed by atoms with Gasteiger partial charge in [0.05, 0.1) is 11.7 Å². The minimum absolute atomic E-state index is 0.0706. The van der Waals surface area contributed by atoms with E-state index in [1.807, 2.05) is 6.07 Å². The molecule has 1 aromatic rings. The molecule has 0 unspecified atom stereocenters. The van der Waals surface area contributed by atoms with Crippen LogP contribution in [0.5, 0.6) is 0 Å². The highest BCUT2D eigenvalue weighted by molar-refractivity contribution is 5.77.